The zero-order valence-electron chi connectivity index (χ0n) is 9.61. The molecular weight excluding hydrogens is 300 g/mol. The van der Waals surface area contributed by atoms with E-state index < -0.39 is 12.0 Å². The Hall–Kier alpha value is -1.56. The first-order chi connectivity index (χ1) is 8.56. The smallest absolute Gasteiger partial charge is 0.261 e. The molecule has 0 saturated carbocycles. The van der Waals surface area contributed by atoms with E-state index in [0.717, 1.165) is 15.8 Å². The highest BCUT2D eigenvalue weighted by Gasteiger charge is 2.28. The van der Waals surface area contributed by atoms with Crippen LogP contribution in [0.2, 0.25) is 0 Å². The Morgan fingerprint density at radius 1 is 1.50 bits per heavy atom. The van der Waals surface area contributed by atoms with Gasteiger partial charge in [0.25, 0.3) is 5.91 Å². The largest absolute Gasteiger partial charge is 0.480 e. The van der Waals surface area contributed by atoms with Crippen LogP contribution >= 0.6 is 15.9 Å². The van der Waals surface area contributed by atoms with Crippen LogP contribution in [0.25, 0.3) is 0 Å². The predicted octanol–water partition coefficient (Wildman–Crippen LogP) is 0.744. The zero-order chi connectivity index (χ0) is 13.1. The van der Waals surface area contributed by atoms with Crippen LogP contribution < -0.4 is 15.8 Å². The molecule has 1 aromatic rings. The van der Waals surface area contributed by atoms with Gasteiger partial charge in [0.05, 0.1) is 0 Å². The highest BCUT2D eigenvalue weighted by Crippen LogP contribution is 2.31. The first-order valence-corrected chi connectivity index (χ1v) is 6.36. The Kier molecular flexibility index (Phi) is 3.86. The number of ether oxygens (including phenoxy) is 1. The second-order valence-corrected chi connectivity index (χ2v) is 4.99. The first-order valence-electron chi connectivity index (χ1n) is 5.57. The van der Waals surface area contributed by atoms with Gasteiger partial charge in [-0.2, -0.15) is 0 Å². The Labute approximate surface area is 113 Å². The molecule has 1 aliphatic rings. The van der Waals surface area contributed by atoms with Crippen molar-refractivity contribution in [2.24, 2.45) is 5.73 Å². The molecule has 6 heteroatoms. The molecule has 0 bridgehead atoms. The van der Waals surface area contributed by atoms with Gasteiger partial charge < -0.3 is 15.8 Å². The summed E-state index contributed by atoms with van der Waals surface area (Å²) in [6.07, 6.45) is 0.149. The Bertz CT molecular complexity index is 490. The van der Waals surface area contributed by atoms with E-state index in [0.29, 0.717) is 6.42 Å². The van der Waals surface area contributed by atoms with Crippen molar-refractivity contribution in [3.8, 4) is 5.75 Å². The molecule has 0 radical (unpaired) electrons. The predicted molar refractivity (Wildman–Crippen MR) is 69.1 cm³/mol. The van der Waals surface area contributed by atoms with Crippen LogP contribution in [-0.4, -0.2) is 24.5 Å². The summed E-state index contributed by atoms with van der Waals surface area (Å²) in [4.78, 5) is 22.3. The molecule has 0 aliphatic carbocycles. The summed E-state index contributed by atoms with van der Waals surface area (Å²) in [5.41, 5.74) is 5.99. The van der Waals surface area contributed by atoms with E-state index in [1.165, 1.54) is 0 Å². The molecule has 2 rings (SSSR count). The lowest BCUT2D eigenvalue weighted by Crippen LogP contribution is -2.38. The van der Waals surface area contributed by atoms with E-state index in [1.54, 1.807) is 0 Å². The van der Waals surface area contributed by atoms with Crippen molar-refractivity contribution >= 4 is 27.7 Å². The number of nitrogens with one attached hydrogen (secondary N) is 1. The molecule has 0 spiro atoms. The number of primary amides is 1. The standard InChI is InChI=1S/C12H13BrN2O3/c13-8-1-2-9-7(5-8)6-10(18-9)12(17)15-4-3-11(14)16/h1-2,5,10H,3-4,6H2,(H2,14,16)(H,15,17)/t10-/m0/s1. The van der Waals surface area contributed by atoms with Crippen molar-refractivity contribution in [1.82, 2.24) is 5.32 Å². The number of nitrogens with two attached hydrogens (primary N) is 1. The molecule has 5 nitrogen and oxygen atoms in total. The van der Waals surface area contributed by atoms with Gasteiger partial charge in [-0.05, 0) is 23.8 Å². The number of hydrogen-bond donors (Lipinski definition) is 2. The maximum absolute atomic E-state index is 11.8. The molecule has 1 heterocycles. The number of carbonyl (C=O) groups is 2. The molecule has 96 valence electrons. The summed E-state index contributed by atoms with van der Waals surface area (Å²) in [5.74, 6) is 0.0756. The SMILES string of the molecule is NC(=O)CCNC(=O)[C@@H]1Cc2cc(Br)ccc2O1. The number of hydrogen-bond acceptors (Lipinski definition) is 3. The summed E-state index contributed by atoms with van der Waals surface area (Å²) in [6, 6.07) is 5.63. The highest BCUT2D eigenvalue weighted by atomic mass is 79.9. The van der Waals surface area contributed by atoms with E-state index in [2.05, 4.69) is 21.2 Å². The molecule has 0 aromatic heterocycles. The minimum absolute atomic E-state index is 0.136. The minimum Gasteiger partial charge on any atom is -0.480 e. The van der Waals surface area contributed by atoms with Gasteiger partial charge in [-0.15, -0.1) is 0 Å². The fourth-order valence-corrected chi connectivity index (χ4v) is 2.19. The average Bonchev–Trinajstić information content (AvgIpc) is 2.71. The Balaban J connectivity index is 1.90. The van der Waals surface area contributed by atoms with Gasteiger partial charge in [0.2, 0.25) is 5.91 Å². The van der Waals surface area contributed by atoms with E-state index in [9.17, 15) is 9.59 Å². The van der Waals surface area contributed by atoms with Crippen molar-refractivity contribution < 1.29 is 14.3 Å². The zero-order valence-corrected chi connectivity index (χ0v) is 11.2. The highest BCUT2D eigenvalue weighted by molar-refractivity contribution is 9.10. The molecule has 2 amide bonds. The van der Waals surface area contributed by atoms with Crippen molar-refractivity contribution in [3.05, 3.63) is 28.2 Å². The van der Waals surface area contributed by atoms with Gasteiger partial charge in [-0.1, -0.05) is 15.9 Å². The maximum Gasteiger partial charge on any atom is 0.261 e. The number of halogens is 1. The van der Waals surface area contributed by atoms with Gasteiger partial charge in [-0.3, -0.25) is 9.59 Å². The molecule has 0 fully saturated rings. The normalized spacial score (nSPS) is 16.8. The number of carbonyl (C=O) groups excluding carboxylic acids is 2. The van der Waals surface area contributed by atoms with E-state index in [4.69, 9.17) is 10.5 Å². The molecule has 18 heavy (non-hydrogen) atoms. The summed E-state index contributed by atoms with van der Waals surface area (Å²) < 4.78 is 6.49. The van der Waals surface area contributed by atoms with Gasteiger partial charge >= 0.3 is 0 Å². The van der Waals surface area contributed by atoms with E-state index >= 15 is 0 Å². The lowest BCUT2D eigenvalue weighted by atomic mass is 10.1. The lowest BCUT2D eigenvalue weighted by molar-refractivity contribution is -0.127. The van der Waals surface area contributed by atoms with Crippen molar-refractivity contribution in [2.75, 3.05) is 6.54 Å². The van der Waals surface area contributed by atoms with Crippen molar-refractivity contribution in [2.45, 2.75) is 18.9 Å². The second-order valence-electron chi connectivity index (χ2n) is 4.07. The fourth-order valence-electron chi connectivity index (χ4n) is 1.79. The number of amides is 2. The van der Waals surface area contributed by atoms with E-state index in [1.807, 2.05) is 18.2 Å². The topological polar surface area (TPSA) is 81.4 Å². The Morgan fingerprint density at radius 3 is 3.00 bits per heavy atom. The van der Waals surface area contributed by atoms with Gasteiger partial charge in [-0.25, -0.2) is 0 Å². The third-order valence-electron chi connectivity index (χ3n) is 2.66. The van der Waals surface area contributed by atoms with Gasteiger partial charge in [0.15, 0.2) is 6.10 Å². The van der Waals surface area contributed by atoms with Crippen LogP contribution in [0.15, 0.2) is 22.7 Å². The molecule has 0 saturated heterocycles. The minimum atomic E-state index is -0.526. The molecule has 1 atom stereocenters. The molecule has 1 aliphatic heterocycles. The van der Waals surface area contributed by atoms with Gasteiger partial charge in [0.1, 0.15) is 5.75 Å². The molecule has 0 unspecified atom stereocenters. The quantitative estimate of drug-likeness (QED) is 0.860. The third kappa shape index (κ3) is 3.01. The van der Waals surface area contributed by atoms with Crippen LogP contribution in [0.1, 0.15) is 12.0 Å². The average molecular weight is 313 g/mol. The van der Waals surface area contributed by atoms with Gasteiger partial charge in [0, 0.05) is 23.9 Å². The van der Waals surface area contributed by atoms with Crippen LogP contribution in [0.3, 0.4) is 0 Å². The van der Waals surface area contributed by atoms with E-state index in [-0.39, 0.29) is 18.9 Å². The summed E-state index contributed by atoms with van der Waals surface area (Å²) >= 11 is 3.37. The van der Waals surface area contributed by atoms with Crippen molar-refractivity contribution in [1.29, 1.82) is 0 Å². The van der Waals surface area contributed by atoms with Crippen LogP contribution in [-0.2, 0) is 16.0 Å². The second kappa shape index (κ2) is 5.39. The number of rotatable bonds is 4. The fraction of sp³-hybridized carbons (Fsp3) is 0.333. The first kappa shape index (κ1) is 12.9. The summed E-state index contributed by atoms with van der Waals surface area (Å²) in [5, 5.41) is 2.63. The number of benzene rings is 1. The Morgan fingerprint density at radius 2 is 2.28 bits per heavy atom. The lowest BCUT2D eigenvalue weighted by Gasteiger charge is -2.10. The number of fused-ring (bicyclic) bond motifs is 1. The third-order valence-corrected chi connectivity index (χ3v) is 3.15. The van der Waals surface area contributed by atoms with Crippen LogP contribution in [0, 0.1) is 0 Å². The van der Waals surface area contributed by atoms with Crippen LogP contribution in [0.4, 0.5) is 0 Å². The summed E-state index contributed by atoms with van der Waals surface area (Å²) in [6.45, 7) is 0.244. The molecular formula is C12H13BrN2O3. The van der Waals surface area contributed by atoms with Crippen LogP contribution in [0.5, 0.6) is 5.75 Å². The van der Waals surface area contributed by atoms with Crippen molar-refractivity contribution in [3.63, 3.8) is 0 Å². The molecule has 3 N–H and O–H groups in total. The molecule has 1 aromatic carbocycles. The summed E-state index contributed by atoms with van der Waals surface area (Å²) in [7, 11) is 0. The monoisotopic (exact) mass is 312 g/mol. The maximum atomic E-state index is 11.8.